The molecule has 1 aliphatic rings. The topological polar surface area (TPSA) is 38.4 Å². The monoisotopic (exact) mass is 160 g/mol. The first-order valence-electron chi connectivity index (χ1n) is 4.25. The fraction of sp³-hybridized carbons (Fsp3) is 0.300. The lowest BCUT2D eigenvalue weighted by molar-refractivity contribution is 1.15. The Kier molecular flexibility index (Phi) is 1.82. The molecule has 0 radical (unpaired) electrons. The molecule has 0 bridgehead atoms. The maximum absolute atomic E-state index is 5.76. The van der Waals surface area contributed by atoms with E-state index in [0.29, 0.717) is 5.92 Å². The van der Waals surface area contributed by atoms with Crippen molar-refractivity contribution in [3.8, 4) is 0 Å². The fourth-order valence-corrected chi connectivity index (χ4v) is 1.12. The van der Waals surface area contributed by atoms with Gasteiger partial charge in [0, 0.05) is 5.92 Å². The van der Waals surface area contributed by atoms with E-state index in [2.05, 4.69) is 4.99 Å². The average molecular weight is 160 g/mol. The molecule has 1 aromatic rings. The average Bonchev–Trinajstić information content (AvgIpc) is 2.88. The minimum Gasteiger partial charge on any atom is -0.387 e. The maximum Gasteiger partial charge on any atom is 0.103 e. The van der Waals surface area contributed by atoms with E-state index in [1.165, 1.54) is 12.8 Å². The third-order valence-corrected chi connectivity index (χ3v) is 2.01. The van der Waals surface area contributed by atoms with Gasteiger partial charge in [-0.1, -0.05) is 18.2 Å². The molecule has 1 aromatic carbocycles. The van der Waals surface area contributed by atoms with Gasteiger partial charge in [0.25, 0.3) is 0 Å². The summed E-state index contributed by atoms with van der Waals surface area (Å²) in [5.74, 6) is 1.35. The number of hydrogen-bond acceptors (Lipinski definition) is 1. The Morgan fingerprint density at radius 1 is 1.25 bits per heavy atom. The van der Waals surface area contributed by atoms with Crippen molar-refractivity contribution in [2.75, 3.05) is 0 Å². The highest BCUT2D eigenvalue weighted by Crippen LogP contribution is 2.29. The lowest BCUT2D eigenvalue weighted by Crippen LogP contribution is -2.12. The molecular formula is C10H12N2. The standard InChI is InChI=1S/C10H12N2/c11-10(8-6-7-8)12-9-4-2-1-3-5-9/h1-5,8H,6-7H2,(H2,11,12). The number of rotatable bonds is 2. The molecule has 1 aliphatic carbocycles. The number of nitrogens with zero attached hydrogens (tertiary/aromatic N) is 1. The SMILES string of the molecule is NC(=Nc1ccccc1)C1CC1. The van der Waals surface area contributed by atoms with Gasteiger partial charge in [0.15, 0.2) is 0 Å². The highest BCUT2D eigenvalue weighted by atomic mass is 14.9. The van der Waals surface area contributed by atoms with E-state index >= 15 is 0 Å². The van der Waals surface area contributed by atoms with Crippen LogP contribution in [0.2, 0.25) is 0 Å². The van der Waals surface area contributed by atoms with E-state index in [4.69, 9.17) is 5.73 Å². The number of nitrogens with two attached hydrogens (primary N) is 1. The normalized spacial score (nSPS) is 17.8. The van der Waals surface area contributed by atoms with Crippen molar-refractivity contribution in [1.82, 2.24) is 0 Å². The summed E-state index contributed by atoms with van der Waals surface area (Å²) in [6.45, 7) is 0. The largest absolute Gasteiger partial charge is 0.387 e. The van der Waals surface area contributed by atoms with Crippen LogP contribution in [0.5, 0.6) is 0 Å². The predicted molar refractivity (Wildman–Crippen MR) is 50.4 cm³/mol. The van der Waals surface area contributed by atoms with Crippen molar-refractivity contribution >= 4 is 11.5 Å². The Morgan fingerprint density at radius 3 is 2.50 bits per heavy atom. The van der Waals surface area contributed by atoms with Crippen LogP contribution in [0.3, 0.4) is 0 Å². The molecule has 2 rings (SSSR count). The summed E-state index contributed by atoms with van der Waals surface area (Å²) >= 11 is 0. The Balaban J connectivity index is 2.15. The smallest absolute Gasteiger partial charge is 0.103 e. The van der Waals surface area contributed by atoms with Crippen molar-refractivity contribution < 1.29 is 0 Å². The van der Waals surface area contributed by atoms with E-state index in [0.717, 1.165) is 11.5 Å². The van der Waals surface area contributed by atoms with Gasteiger partial charge in [-0.2, -0.15) is 0 Å². The number of benzene rings is 1. The number of para-hydroxylation sites is 1. The highest BCUT2D eigenvalue weighted by molar-refractivity contribution is 5.87. The van der Waals surface area contributed by atoms with Gasteiger partial charge in [0.2, 0.25) is 0 Å². The molecule has 1 saturated carbocycles. The van der Waals surface area contributed by atoms with Crippen LogP contribution in [0.15, 0.2) is 35.3 Å². The summed E-state index contributed by atoms with van der Waals surface area (Å²) in [5, 5.41) is 0. The summed E-state index contributed by atoms with van der Waals surface area (Å²) in [5.41, 5.74) is 6.72. The van der Waals surface area contributed by atoms with Gasteiger partial charge in [0.1, 0.15) is 5.84 Å². The third kappa shape index (κ3) is 1.64. The minimum absolute atomic E-state index is 0.560. The molecule has 2 heteroatoms. The molecule has 0 amide bonds. The first kappa shape index (κ1) is 7.35. The van der Waals surface area contributed by atoms with Gasteiger partial charge in [-0.25, -0.2) is 4.99 Å². The zero-order chi connectivity index (χ0) is 8.39. The van der Waals surface area contributed by atoms with Crippen LogP contribution in [0.25, 0.3) is 0 Å². The van der Waals surface area contributed by atoms with Crippen molar-refractivity contribution in [1.29, 1.82) is 0 Å². The second-order valence-electron chi connectivity index (χ2n) is 3.15. The van der Waals surface area contributed by atoms with Crippen molar-refractivity contribution in [2.45, 2.75) is 12.8 Å². The van der Waals surface area contributed by atoms with E-state index in [1.807, 2.05) is 30.3 Å². The summed E-state index contributed by atoms with van der Waals surface area (Å²) in [4.78, 5) is 4.32. The molecule has 0 atom stereocenters. The lowest BCUT2D eigenvalue weighted by Gasteiger charge is -1.96. The molecule has 1 fully saturated rings. The first-order chi connectivity index (χ1) is 5.86. The van der Waals surface area contributed by atoms with Gasteiger partial charge >= 0.3 is 0 Å². The second-order valence-corrected chi connectivity index (χ2v) is 3.15. The summed E-state index contributed by atoms with van der Waals surface area (Å²) in [7, 11) is 0. The van der Waals surface area contributed by atoms with E-state index in [-0.39, 0.29) is 0 Å². The van der Waals surface area contributed by atoms with Crippen LogP contribution < -0.4 is 5.73 Å². The zero-order valence-corrected chi connectivity index (χ0v) is 6.90. The molecule has 0 aromatic heterocycles. The van der Waals surface area contributed by atoms with Crippen LogP contribution in [0.4, 0.5) is 5.69 Å². The maximum atomic E-state index is 5.76. The van der Waals surface area contributed by atoms with Crippen LogP contribution in [0.1, 0.15) is 12.8 Å². The molecule has 62 valence electrons. The Bertz CT molecular complexity index is 286. The molecule has 2 N–H and O–H groups in total. The predicted octanol–water partition coefficient (Wildman–Crippen LogP) is 2.09. The molecule has 0 heterocycles. The fourth-order valence-electron chi connectivity index (χ4n) is 1.12. The Labute approximate surface area is 72.1 Å². The van der Waals surface area contributed by atoms with Crippen LogP contribution >= 0.6 is 0 Å². The quantitative estimate of drug-likeness (QED) is 0.522. The van der Waals surface area contributed by atoms with Crippen LogP contribution in [0, 0.1) is 5.92 Å². The Hall–Kier alpha value is -1.31. The van der Waals surface area contributed by atoms with Crippen LogP contribution in [-0.2, 0) is 0 Å². The minimum atomic E-state index is 0.560. The molecular weight excluding hydrogens is 148 g/mol. The highest BCUT2D eigenvalue weighted by Gasteiger charge is 2.25. The van der Waals surface area contributed by atoms with Gasteiger partial charge < -0.3 is 5.73 Å². The molecule has 0 saturated heterocycles. The first-order valence-corrected chi connectivity index (χ1v) is 4.25. The van der Waals surface area contributed by atoms with Crippen molar-refractivity contribution in [3.05, 3.63) is 30.3 Å². The zero-order valence-electron chi connectivity index (χ0n) is 6.90. The van der Waals surface area contributed by atoms with Gasteiger partial charge in [-0.3, -0.25) is 0 Å². The Morgan fingerprint density at radius 2 is 1.92 bits per heavy atom. The third-order valence-electron chi connectivity index (χ3n) is 2.01. The van der Waals surface area contributed by atoms with Gasteiger partial charge in [-0.05, 0) is 25.0 Å². The van der Waals surface area contributed by atoms with Crippen molar-refractivity contribution in [3.63, 3.8) is 0 Å². The molecule has 2 nitrogen and oxygen atoms in total. The number of aliphatic imine (C=N–C) groups is 1. The lowest BCUT2D eigenvalue weighted by atomic mass is 10.3. The number of hydrogen-bond donors (Lipinski definition) is 1. The molecule has 0 unspecified atom stereocenters. The van der Waals surface area contributed by atoms with Crippen molar-refractivity contribution in [2.24, 2.45) is 16.6 Å². The number of amidine groups is 1. The molecule has 0 aliphatic heterocycles. The summed E-state index contributed by atoms with van der Waals surface area (Å²) < 4.78 is 0. The molecule has 12 heavy (non-hydrogen) atoms. The van der Waals surface area contributed by atoms with E-state index in [1.54, 1.807) is 0 Å². The van der Waals surface area contributed by atoms with E-state index in [9.17, 15) is 0 Å². The van der Waals surface area contributed by atoms with Crippen LogP contribution in [-0.4, -0.2) is 5.84 Å². The summed E-state index contributed by atoms with van der Waals surface area (Å²) in [6, 6.07) is 9.86. The van der Waals surface area contributed by atoms with E-state index < -0.39 is 0 Å². The second kappa shape index (κ2) is 2.97. The summed E-state index contributed by atoms with van der Waals surface area (Å²) in [6.07, 6.45) is 2.42. The molecule has 0 spiro atoms. The van der Waals surface area contributed by atoms with Gasteiger partial charge in [-0.15, -0.1) is 0 Å². The van der Waals surface area contributed by atoms with Gasteiger partial charge in [0.05, 0.1) is 5.69 Å².